The summed E-state index contributed by atoms with van der Waals surface area (Å²) >= 11 is 11.8. The van der Waals surface area contributed by atoms with Gasteiger partial charge >= 0.3 is 6.18 Å². The Morgan fingerprint density at radius 3 is 2.21 bits per heavy atom. The topological polar surface area (TPSA) is 96.0 Å². The highest BCUT2D eigenvalue weighted by Crippen LogP contribution is 2.39. The van der Waals surface area contributed by atoms with Gasteiger partial charge in [0.1, 0.15) is 5.84 Å². The third-order valence-corrected chi connectivity index (χ3v) is 5.70. The third-order valence-electron chi connectivity index (χ3n) is 4.04. The number of aliphatic imine (C=N–C) groups is 1. The van der Waals surface area contributed by atoms with Gasteiger partial charge in [-0.25, -0.2) is 18.5 Å². The zero-order valence-corrected chi connectivity index (χ0v) is 16.1. The lowest BCUT2D eigenvalue weighted by atomic mass is 10.1. The van der Waals surface area contributed by atoms with Crippen LogP contribution in [0.3, 0.4) is 0 Å². The first-order chi connectivity index (χ1) is 12.8. The molecule has 0 radical (unpaired) electrons. The Hall–Kier alpha value is -1.85. The van der Waals surface area contributed by atoms with Crippen LogP contribution in [0.1, 0.15) is 5.56 Å². The quantitative estimate of drug-likeness (QED) is 0.745. The molecule has 3 rings (SSSR count). The summed E-state index contributed by atoms with van der Waals surface area (Å²) in [6.07, 6.45) is -5.04. The third kappa shape index (κ3) is 3.83. The summed E-state index contributed by atoms with van der Waals surface area (Å²) in [6.45, 7) is -0.916. The van der Waals surface area contributed by atoms with Crippen LogP contribution in [0.4, 0.5) is 18.9 Å². The van der Waals surface area contributed by atoms with E-state index in [0.29, 0.717) is 0 Å². The normalized spacial score (nSPS) is 20.4. The van der Waals surface area contributed by atoms with Crippen LogP contribution in [0.15, 0.2) is 52.4 Å². The molecule has 0 aliphatic carbocycles. The summed E-state index contributed by atoms with van der Waals surface area (Å²) in [5, 5.41) is 15.4. The molecular formula is C16H12Cl2F3N3O3S. The lowest BCUT2D eigenvalue weighted by Crippen LogP contribution is -2.47. The molecule has 150 valence electrons. The lowest BCUT2D eigenvalue weighted by Gasteiger charge is -2.26. The average molecular weight is 454 g/mol. The first kappa shape index (κ1) is 20.9. The van der Waals surface area contributed by atoms with Gasteiger partial charge in [0.2, 0.25) is 10.0 Å². The molecule has 1 heterocycles. The van der Waals surface area contributed by atoms with E-state index in [9.17, 15) is 26.7 Å². The number of primary sulfonamides is 1. The molecule has 1 atom stereocenters. The van der Waals surface area contributed by atoms with E-state index in [2.05, 4.69) is 4.99 Å². The van der Waals surface area contributed by atoms with Crippen LogP contribution in [0.2, 0.25) is 10.0 Å². The van der Waals surface area contributed by atoms with E-state index >= 15 is 0 Å². The second-order valence-corrected chi connectivity index (χ2v) is 8.38. The minimum absolute atomic E-state index is 0.102. The van der Waals surface area contributed by atoms with Crippen molar-refractivity contribution in [3.05, 3.63) is 58.1 Å². The van der Waals surface area contributed by atoms with Crippen LogP contribution in [0.25, 0.3) is 0 Å². The lowest BCUT2D eigenvalue weighted by molar-refractivity contribution is -0.249. The van der Waals surface area contributed by atoms with E-state index < -0.39 is 28.5 Å². The number of rotatable bonds is 3. The number of nitrogens with zero attached hydrogens (tertiary/aromatic N) is 2. The molecule has 3 N–H and O–H groups in total. The van der Waals surface area contributed by atoms with Crippen LogP contribution < -0.4 is 10.0 Å². The fourth-order valence-corrected chi connectivity index (χ4v) is 3.41. The summed E-state index contributed by atoms with van der Waals surface area (Å²) in [6, 6.07) is 8.89. The number of aliphatic hydroxyl groups is 1. The number of anilines is 1. The summed E-state index contributed by atoms with van der Waals surface area (Å²) < 4.78 is 62.8. The van der Waals surface area contributed by atoms with Crippen molar-refractivity contribution >= 4 is 44.7 Å². The molecule has 6 nitrogen and oxygen atoms in total. The number of benzene rings is 2. The predicted octanol–water partition coefficient (Wildman–Crippen LogP) is 3.16. The minimum atomic E-state index is -5.04. The predicted molar refractivity (Wildman–Crippen MR) is 99.2 cm³/mol. The molecule has 12 heteroatoms. The van der Waals surface area contributed by atoms with E-state index in [1.165, 1.54) is 30.3 Å². The summed E-state index contributed by atoms with van der Waals surface area (Å²) in [7, 11) is -3.98. The Balaban J connectivity index is 2.11. The maximum atomic E-state index is 13.4. The van der Waals surface area contributed by atoms with Gasteiger partial charge in [0.05, 0.1) is 21.5 Å². The van der Waals surface area contributed by atoms with Gasteiger partial charge in [0, 0.05) is 11.3 Å². The van der Waals surface area contributed by atoms with Crippen molar-refractivity contribution in [2.45, 2.75) is 16.8 Å². The second kappa shape index (κ2) is 6.89. The first-order valence-corrected chi connectivity index (χ1v) is 9.87. The van der Waals surface area contributed by atoms with Crippen molar-refractivity contribution in [2.24, 2.45) is 10.1 Å². The number of halogens is 5. The van der Waals surface area contributed by atoms with Gasteiger partial charge in [-0.2, -0.15) is 13.2 Å². The van der Waals surface area contributed by atoms with Crippen molar-refractivity contribution < 1.29 is 26.7 Å². The number of hydrogen-bond acceptors (Lipinski definition) is 5. The molecule has 2 aromatic rings. The zero-order valence-electron chi connectivity index (χ0n) is 13.8. The van der Waals surface area contributed by atoms with E-state index in [-0.39, 0.29) is 32.0 Å². The highest BCUT2D eigenvalue weighted by molar-refractivity contribution is 7.89. The standard InChI is InChI=1S/C16H12Cl2F3N3O3S/c17-12-6-3-10(7-13(12)18)24-8-15(25,16(19,20)21)23-14(24)9-1-4-11(5-2-9)28(22,26)27/h1-7,25H,8H2,(H2,22,26,27). The molecule has 0 spiro atoms. The summed E-state index contributed by atoms with van der Waals surface area (Å²) in [5.74, 6) is -0.223. The number of amidine groups is 1. The maximum absolute atomic E-state index is 13.4. The minimum Gasteiger partial charge on any atom is -0.361 e. The van der Waals surface area contributed by atoms with Gasteiger partial charge in [-0.1, -0.05) is 23.2 Å². The number of alkyl halides is 3. The van der Waals surface area contributed by atoms with Gasteiger partial charge < -0.3 is 10.0 Å². The van der Waals surface area contributed by atoms with Crippen LogP contribution in [-0.2, 0) is 10.0 Å². The molecule has 0 aromatic heterocycles. The number of hydrogen-bond donors (Lipinski definition) is 2. The number of β-amino-alcohol motifs (C(OH)–C–C–N with tert-alkyl or cyclic N) is 1. The van der Waals surface area contributed by atoms with Crippen molar-refractivity contribution in [2.75, 3.05) is 11.4 Å². The molecular weight excluding hydrogens is 442 g/mol. The zero-order chi connectivity index (χ0) is 20.9. The fraction of sp³-hybridized carbons (Fsp3) is 0.188. The smallest absolute Gasteiger partial charge is 0.361 e. The van der Waals surface area contributed by atoms with Crippen LogP contribution in [0, 0.1) is 0 Å². The average Bonchev–Trinajstić information content (AvgIpc) is 2.96. The summed E-state index contributed by atoms with van der Waals surface area (Å²) in [5.41, 5.74) is -3.00. The molecule has 0 fully saturated rings. The SMILES string of the molecule is NS(=O)(=O)c1ccc(C2=NC(O)(C(F)(F)F)CN2c2ccc(Cl)c(Cl)c2)cc1. The van der Waals surface area contributed by atoms with Crippen molar-refractivity contribution in [1.82, 2.24) is 0 Å². The van der Waals surface area contributed by atoms with Gasteiger partial charge in [0.15, 0.2) is 0 Å². The maximum Gasteiger partial charge on any atom is 0.440 e. The molecule has 0 saturated heterocycles. The Labute approximate surface area is 168 Å². The van der Waals surface area contributed by atoms with Crippen molar-refractivity contribution in [1.29, 1.82) is 0 Å². The Morgan fingerprint density at radius 2 is 1.71 bits per heavy atom. The molecule has 0 amide bonds. The molecule has 1 unspecified atom stereocenters. The van der Waals surface area contributed by atoms with E-state index in [1.54, 1.807) is 0 Å². The van der Waals surface area contributed by atoms with E-state index in [1.807, 2.05) is 0 Å². The second-order valence-electron chi connectivity index (χ2n) is 6.00. The number of nitrogens with two attached hydrogens (primary N) is 1. The monoisotopic (exact) mass is 453 g/mol. The van der Waals surface area contributed by atoms with Gasteiger partial charge in [0.25, 0.3) is 5.72 Å². The molecule has 0 bridgehead atoms. The fourth-order valence-electron chi connectivity index (χ4n) is 2.60. The number of sulfonamides is 1. The largest absolute Gasteiger partial charge is 0.440 e. The van der Waals surface area contributed by atoms with Crippen LogP contribution in [0.5, 0.6) is 0 Å². The highest BCUT2D eigenvalue weighted by atomic mass is 35.5. The molecule has 28 heavy (non-hydrogen) atoms. The highest BCUT2D eigenvalue weighted by Gasteiger charge is 2.58. The van der Waals surface area contributed by atoms with E-state index in [0.717, 1.165) is 17.0 Å². The first-order valence-electron chi connectivity index (χ1n) is 7.57. The summed E-state index contributed by atoms with van der Waals surface area (Å²) in [4.78, 5) is 4.37. The molecule has 0 saturated carbocycles. The van der Waals surface area contributed by atoms with E-state index in [4.69, 9.17) is 28.3 Å². The van der Waals surface area contributed by atoms with Gasteiger partial charge in [-0.3, -0.25) is 0 Å². The van der Waals surface area contributed by atoms with Crippen molar-refractivity contribution in [3.63, 3.8) is 0 Å². The van der Waals surface area contributed by atoms with Crippen molar-refractivity contribution in [3.8, 4) is 0 Å². The Bertz CT molecular complexity index is 1060. The van der Waals surface area contributed by atoms with Crippen LogP contribution >= 0.6 is 23.2 Å². The molecule has 2 aromatic carbocycles. The molecule has 1 aliphatic rings. The van der Waals surface area contributed by atoms with Gasteiger partial charge in [-0.15, -0.1) is 0 Å². The Morgan fingerprint density at radius 1 is 1.11 bits per heavy atom. The van der Waals surface area contributed by atoms with Gasteiger partial charge in [-0.05, 0) is 42.5 Å². The Kier molecular flexibility index (Phi) is 5.13. The van der Waals surface area contributed by atoms with Crippen LogP contribution in [-0.4, -0.2) is 37.8 Å². The molecule has 1 aliphatic heterocycles.